The fourth-order valence-corrected chi connectivity index (χ4v) is 6.52. The molecule has 0 saturated heterocycles. The smallest absolute Gasteiger partial charge is 0.0622 e. The van der Waals surface area contributed by atoms with E-state index >= 15 is 0 Å². The number of nitrogens with zero attached hydrogens (tertiary/aromatic N) is 2. The Morgan fingerprint density at radius 1 is 0.653 bits per heavy atom. The number of hydrogen-bond donors (Lipinski definition) is 2. The average molecular weight is 684 g/mol. The first-order valence-electron chi connectivity index (χ1n) is 15.9. The second-order valence-electron chi connectivity index (χ2n) is 11.5. The minimum Gasteiger partial charge on any atom is -0.0622 e. The Kier molecular flexibility index (Phi) is 9.31. The zero-order valence-electron chi connectivity index (χ0n) is 26.6. The van der Waals surface area contributed by atoms with Crippen molar-refractivity contribution in [1.82, 2.24) is 4.98 Å². The zero-order valence-corrected chi connectivity index (χ0v) is 29.6. The van der Waals surface area contributed by atoms with Crippen molar-refractivity contribution in [2.45, 2.75) is 0 Å². The van der Waals surface area contributed by atoms with Gasteiger partial charge >= 0.3 is 125 Å². The maximum absolute atomic E-state index is 10.5. The number of aromatic amines is 1. The van der Waals surface area contributed by atoms with Crippen LogP contribution >= 0.6 is 0 Å². The molecule has 0 unspecified atom stereocenters. The molecule has 0 bridgehead atoms. The molecule has 49 heavy (non-hydrogen) atoms. The van der Waals surface area contributed by atoms with Gasteiger partial charge in [0.15, 0.2) is 0 Å². The van der Waals surface area contributed by atoms with Crippen molar-refractivity contribution >= 4 is 50.5 Å². The average Bonchev–Trinajstić information content (AvgIpc) is 3.90. The molecule has 0 atom stereocenters. The number of allylic oxidation sites excluding steroid dienone is 6. The molecule has 0 radical (unpaired) electrons. The van der Waals surface area contributed by atoms with Crippen LogP contribution in [-0.4, -0.2) is 26.1 Å². The number of H-pyrrole nitrogens is 1. The van der Waals surface area contributed by atoms with Crippen molar-refractivity contribution in [3.8, 4) is 0 Å². The van der Waals surface area contributed by atoms with E-state index in [9.17, 15) is 10.8 Å². The van der Waals surface area contributed by atoms with Crippen molar-refractivity contribution in [3.05, 3.63) is 208 Å². The normalized spacial score (nSPS) is 16.7. The molecule has 4 aromatic carbocycles. The van der Waals surface area contributed by atoms with Gasteiger partial charge in [-0.25, -0.2) is 5.70 Å². The summed E-state index contributed by atoms with van der Waals surface area (Å²) in [5.74, 6) is 0. The van der Waals surface area contributed by atoms with Crippen molar-refractivity contribution in [2.75, 3.05) is 0 Å². The van der Waals surface area contributed by atoms with Crippen LogP contribution in [0, 0.1) is 6.26 Å². The van der Waals surface area contributed by atoms with E-state index in [4.69, 9.17) is 4.99 Å². The van der Waals surface area contributed by atoms with Gasteiger partial charge in [-0.2, -0.15) is 5.57 Å². The molecular weight excluding hydrogens is 654 g/mol. The van der Waals surface area contributed by atoms with Gasteiger partial charge in [-0.1, -0.05) is 115 Å². The van der Waals surface area contributed by atoms with Crippen molar-refractivity contribution in [1.29, 1.82) is 0 Å². The fourth-order valence-electron chi connectivity index (χ4n) is 6.04. The first-order valence-corrected chi connectivity index (χ1v) is 17.6. The van der Waals surface area contributed by atoms with Gasteiger partial charge in [0.1, 0.15) is 0 Å². The molecule has 2 aliphatic rings. The van der Waals surface area contributed by atoms with Gasteiger partial charge in [0.25, 0.3) is 0 Å². The molecule has 0 aliphatic carbocycles. The minimum atomic E-state index is 0.116. The van der Waals surface area contributed by atoms with E-state index < -0.39 is 0 Å². The molecule has 0 fully saturated rings. The third kappa shape index (κ3) is 6.73. The molecule has 1 aromatic heterocycles. The van der Waals surface area contributed by atoms with Crippen LogP contribution in [0.25, 0.3) is 40.2 Å². The fraction of sp³-hybridized carbons (Fsp3) is 0. The Bertz CT molecular complexity index is 2270. The van der Waals surface area contributed by atoms with Gasteiger partial charge in [-0.15, -0.1) is 17.7 Å². The van der Waals surface area contributed by atoms with Crippen molar-refractivity contribution in [2.24, 2.45) is 9.98 Å². The predicted octanol–water partition coefficient (Wildman–Crippen LogP) is 9.99. The third-order valence-corrected chi connectivity index (χ3v) is 9.17. The molecule has 2 aliphatic heterocycles. The number of hydrogen-bond acceptors (Lipinski definition) is 3. The van der Waals surface area contributed by atoms with E-state index in [0.717, 1.165) is 74.2 Å². The summed E-state index contributed by atoms with van der Waals surface area (Å²) in [5.41, 5.74) is 21.1. The van der Waals surface area contributed by atoms with Crippen molar-refractivity contribution in [3.63, 3.8) is 0 Å². The summed E-state index contributed by atoms with van der Waals surface area (Å²) in [6.07, 6.45) is 10.5. The number of nitrogens with one attached hydrogen (secondary N) is 2. The van der Waals surface area contributed by atoms with E-state index in [1.54, 1.807) is 0 Å². The molecule has 232 valence electrons. The van der Waals surface area contributed by atoms with E-state index in [1.165, 1.54) is 0 Å². The first kappa shape index (κ1) is 31.6. The van der Waals surface area contributed by atoms with Crippen LogP contribution in [0.2, 0.25) is 0 Å². The van der Waals surface area contributed by atoms with Crippen LogP contribution < -0.4 is 0 Å². The van der Waals surface area contributed by atoms with Gasteiger partial charge in [-0.05, 0) is 17.4 Å². The van der Waals surface area contributed by atoms with Gasteiger partial charge in [-0.3, -0.25) is 0 Å². The van der Waals surface area contributed by atoms with Gasteiger partial charge in [0.05, 0.1) is 0 Å². The summed E-state index contributed by atoms with van der Waals surface area (Å²) in [5, 5.41) is 10.5. The summed E-state index contributed by atoms with van der Waals surface area (Å²) in [4.78, 5) is 13.6. The molecule has 0 saturated carbocycles. The topological polar surface area (TPSA) is 84.5 Å². The third-order valence-electron chi connectivity index (χ3n) is 8.29. The molecular formula is C43H30N4OZn-2. The molecule has 6 heteroatoms. The second-order valence-corrected chi connectivity index (χ2v) is 12.3. The summed E-state index contributed by atoms with van der Waals surface area (Å²) < 4.78 is 2.11. The van der Waals surface area contributed by atoms with Crippen LogP contribution in [0.5, 0.6) is 0 Å². The summed E-state index contributed by atoms with van der Waals surface area (Å²) in [6.45, 7) is 0. The van der Waals surface area contributed by atoms with Crippen LogP contribution in [0.15, 0.2) is 173 Å². The maximum atomic E-state index is 10.5. The van der Waals surface area contributed by atoms with Gasteiger partial charge in [0.2, 0.25) is 0 Å². The van der Waals surface area contributed by atoms with Gasteiger partial charge < -0.3 is 10.8 Å². The molecule has 3 heterocycles. The minimum absolute atomic E-state index is 0.116. The van der Waals surface area contributed by atoms with E-state index in [1.807, 2.05) is 127 Å². The molecule has 0 spiro atoms. The van der Waals surface area contributed by atoms with Crippen LogP contribution in [0.4, 0.5) is 0 Å². The number of benzene rings is 4. The number of aliphatic hydroxyl groups is 1. The number of aliphatic hydroxyl groups excluding tert-OH is 1. The molecule has 3 N–H and O–H groups in total. The van der Waals surface area contributed by atoms with E-state index in [-0.39, 0.29) is 11.3 Å². The standard InChI is InChI=1S/C43H30N4O.Zn/c1-29-22-23-34(45-29)26-35-24-25-36(46-35)27-38-39(31-16-8-3-9-17-31)40(32-18-10-4-11-19-32)43(47-38)41(33-20-12-5-13-21-33)42(44)37(28-48)30-14-6-2-7-15-30;/h1-27,44,46,48H;/q-2;/b34-26?,38-27?,42-41-;. The second kappa shape index (κ2) is 14.4. The molecule has 5 nitrogen and oxygen atoms in total. The number of aliphatic imine (C=N–C) groups is 2. The summed E-state index contributed by atoms with van der Waals surface area (Å²) in [6, 6.07) is 43.8. The number of aromatic nitrogens is 1. The number of rotatable bonds is 9. The van der Waals surface area contributed by atoms with Crippen molar-refractivity contribution < 1.29 is 23.0 Å². The Labute approximate surface area is 295 Å². The van der Waals surface area contributed by atoms with Gasteiger partial charge in [0, 0.05) is 0 Å². The Morgan fingerprint density at radius 2 is 1.20 bits per heavy atom. The monoisotopic (exact) mass is 682 g/mol. The van der Waals surface area contributed by atoms with Crippen LogP contribution in [-0.2, 0) is 17.9 Å². The first-order chi connectivity index (χ1) is 24.1. The molecule has 5 aromatic rings. The summed E-state index contributed by atoms with van der Waals surface area (Å²) >= 11 is 1.06. The Morgan fingerprint density at radius 3 is 1.78 bits per heavy atom. The van der Waals surface area contributed by atoms with E-state index in [2.05, 4.69) is 51.2 Å². The molecule has 7 rings (SSSR count). The van der Waals surface area contributed by atoms with Crippen LogP contribution in [0.1, 0.15) is 33.6 Å². The molecule has 0 amide bonds. The van der Waals surface area contributed by atoms with E-state index in [0.29, 0.717) is 16.8 Å². The summed E-state index contributed by atoms with van der Waals surface area (Å²) in [7, 11) is 0. The SMILES string of the molecule is [NH-]/C(C(=[C-]O)c1ccccc1)=C(\C1=NC(=Cc2ccc(C=C3C=CC([CH]=[Zn])=N3)[nH]2)C(c2ccccc2)=C1c1ccccc1)c1ccccc1. The predicted molar refractivity (Wildman–Crippen MR) is 200 cm³/mol. The Hall–Kier alpha value is -5.97. The Balaban J connectivity index is 1.48. The van der Waals surface area contributed by atoms with Crippen LogP contribution in [0.3, 0.4) is 0 Å². The zero-order chi connectivity index (χ0) is 33.6. The quantitative estimate of drug-likeness (QED) is 0.0689.